The molecule has 15 heavy (non-hydrogen) atoms. The zero-order valence-electron chi connectivity index (χ0n) is 9.03. The van der Waals surface area contributed by atoms with E-state index >= 15 is 0 Å². The maximum absolute atomic E-state index is 11.6. The van der Waals surface area contributed by atoms with Crippen LogP contribution in [-0.4, -0.2) is 27.4 Å². The molecular formula is C10H16ClN3O. The first-order valence-electron chi connectivity index (χ1n) is 5.03. The second-order valence-electron chi connectivity index (χ2n) is 3.49. The number of aryl methyl sites for hydroxylation is 1. The Morgan fingerprint density at radius 2 is 2.47 bits per heavy atom. The Balaban J connectivity index is 2.40. The molecule has 0 aliphatic heterocycles. The third-order valence-electron chi connectivity index (χ3n) is 2.14. The fourth-order valence-electron chi connectivity index (χ4n) is 1.29. The van der Waals surface area contributed by atoms with Gasteiger partial charge in [0, 0.05) is 13.6 Å². The predicted octanol–water partition coefficient (Wildman–Crippen LogP) is 1.56. The van der Waals surface area contributed by atoms with Gasteiger partial charge in [0.05, 0.1) is 17.9 Å². The van der Waals surface area contributed by atoms with E-state index in [2.05, 4.69) is 17.2 Å². The summed E-state index contributed by atoms with van der Waals surface area (Å²) >= 11 is 5.99. The van der Waals surface area contributed by atoms with E-state index in [-0.39, 0.29) is 11.3 Å². The van der Waals surface area contributed by atoms with Crippen molar-refractivity contribution in [2.24, 2.45) is 7.05 Å². The molecule has 1 unspecified atom stereocenters. The number of nitrogens with one attached hydrogen (secondary N) is 1. The van der Waals surface area contributed by atoms with Crippen LogP contribution < -0.4 is 5.32 Å². The van der Waals surface area contributed by atoms with Crippen molar-refractivity contribution in [2.45, 2.75) is 25.1 Å². The van der Waals surface area contributed by atoms with Gasteiger partial charge >= 0.3 is 0 Å². The van der Waals surface area contributed by atoms with E-state index in [0.717, 1.165) is 12.8 Å². The number of nitrogens with zero attached hydrogens (tertiary/aromatic N) is 2. The molecule has 1 atom stereocenters. The van der Waals surface area contributed by atoms with E-state index in [0.29, 0.717) is 12.2 Å². The summed E-state index contributed by atoms with van der Waals surface area (Å²) in [7, 11) is 1.78. The fourth-order valence-corrected chi connectivity index (χ4v) is 1.58. The van der Waals surface area contributed by atoms with Crippen molar-refractivity contribution >= 4 is 17.5 Å². The Morgan fingerprint density at radius 1 is 1.73 bits per heavy atom. The van der Waals surface area contributed by atoms with E-state index in [9.17, 15) is 4.79 Å². The minimum Gasteiger partial charge on any atom is -0.349 e. The molecule has 1 aromatic heterocycles. The minimum absolute atomic E-state index is 0.00665. The molecule has 1 heterocycles. The van der Waals surface area contributed by atoms with E-state index < -0.39 is 0 Å². The van der Waals surface area contributed by atoms with Gasteiger partial charge in [0.25, 0.3) is 5.91 Å². The molecule has 0 aliphatic carbocycles. The van der Waals surface area contributed by atoms with Crippen LogP contribution in [-0.2, 0) is 7.05 Å². The van der Waals surface area contributed by atoms with Gasteiger partial charge in [0.15, 0.2) is 0 Å². The fraction of sp³-hybridized carbons (Fsp3) is 0.600. The largest absolute Gasteiger partial charge is 0.349 e. The van der Waals surface area contributed by atoms with Crippen LogP contribution in [0.25, 0.3) is 0 Å². The molecule has 1 amide bonds. The summed E-state index contributed by atoms with van der Waals surface area (Å²) in [5.41, 5.74) is 0.551. The van der Waals surface area contributed by atoms with Crippen molar-refractivity contribution in [3.05, 3.63) is 18.2 Å². The van der Waals surface area contributed by atoms with Crippen molar-refractivity contribution in [2.75, 3.05) is 6.54 Å². The maximum Gasteiger partial charge on any atom is 0.269 e. The molecule has 0 bridgehead atoms. The average molecular weight is 230 g/mol. The highest BCUT2D eigenvalue weighted by Crippen LogP contribution is 2.04. The lowest BCUT2D eigenvalue weighted by molar-refractivity contribution is 0.0945. The lowest BCUT2D eigenvalue weighted by atomic mass is 10.2. The zero-order valence-corrected chi connectivity index (χ0v) is 9.79. The Kier molecular flexibility index (Phi) is 4.62. The summed E-state index contributed by atoms with van der Waals surface area (Å²) in [5, 5.41) is 2.79. The van der Waals surface area contributed by atoms with E-state index in [1.165, 1.54) is 0 Å². The van der Waals surface area contributed by atoms with Gasteiger partial charge in [-0.1, -0.05) is 13.3 Å². The lowest BCUT2D eigenvalue weighted by Gasteiger charge is -2.09. The Hall–Kier alpha value is -1.03. The molecule has 0 fully saturated rings. The topological polar surface area (TPSA) is 46.9 Å². The SMILES string of the molecule is CCCC(Cl)CNC(=O)c1cncn1C. The van der Waals surface area contributed by atoms with E-state index in [1.54, 1.807) is 24.1 Å². The van der Waals surface area contributed by atoms with Gasteiger partial charge < -0.3 is 9.88 Å². The van der Waals surface area contributed by atoms with Gasteiger partial charge in [0.1, 0.15) is 5.69 Å². The number of amides is 1. The Bertz CT molecular complexity index is 324. The van der Waals surface area contributed by atoms with Crippen molar-refractivity contribution in [1.82, 2.24) is 14.9 Å². The summed E-state index contributed by atoms with van der Waals surface area (Å²) in [6.07, 6.45) is 5.07. The third kappa shape index (κ3) is 3.55. The number of hydrogen-bond donors (Lipinski definition) is 1. The number of alkyl halides is 1. The van der Waals surface area contributed by atoms with E-state index in [4.69, 9.17) is 11.6 Å². The molecule has 1 N–H and O–H groups in total. The van der Waals surface area contributed by atoms with Crippen LogP contribution in [0.3, 0.4) is 0 Å². The van der Waals surface area contributed by atoms with Crippen LogP contribution in [0, 0.1) is 0 Å². The molecule has 84 valence electrons. The van der Waals surface area contributed by atoms with Crippen molar-refractivity contribution < 1.29 is 4.79 Å². The molecular weight excluding hydrogens is 214 g/mol. The number of hydrogen-bond acceptors (Lipinski definition) is 2. The molecule has 0 aliphatic rings. The highest BCUT2D eigenvalue weighted by Gasteiger charge is 2.11. The average Bonchev–Trinajstić information content (AvgIpc) is 2.61. The molecule has 1 aromatic rings. The van der Waals surface area contributed by atoms with Crippen LogP contribution in [0.1, 0.15) is 30.3 Å². The quantitative estimate of drug-likeness (QED) is 0.779. The van der Waals surface area contributed by atoms with Gasteiger partial charge in [-0.05, 0) is 6.42 Å². The highest BCUT2D eigenvalue weighted by molar-refractivity contribution is 6.20. The number of rotatable bonds is 5. The van der Waals surface area contributed by atoms with Crippen LogP contribution in [0.2, 0.25) is 0 Å². The second-order valence-corrected chi connectivity index (χ2v) is 4.10. The maximum atomic E-state index is 11.6. The monoisotopic (exact) mass is 229 g/mol. The molecule has 0 radical (unpaired) electrons. The van der Waals surface area contributed by atoms with Crippen LogP contribution in [0.4, 0.5) is 0 Å². The Morgan fingerprint density at radius 3 is 3.00 bits per heavy atom. The molecule has 0 saturated carbocycles. The molecule has 4 nitrogen and oxygen atoms in total. The van der Waals surface area contributed by atoms with Gasteiger partial charge in [-0.25, -0.2) is 4.98 Å². The third-order valence-corrected chi connectivity index (χ3v) is 2.51. The van der Waals surface area contributed by atoms with Gasteiger partial charge in [-0.2, -0.15) is 0 Å². The van der Waals surface area contributed by atoms with Gasteiger partial charge in [0.2, 0.25) is 0 Å². The summed E-state index contributed by atoms with van der Waals surface area (Å²) in [5.74, 6) is -0.128. The van der Waals surface area contributed by atoms with Crippen LogP contribution >= 0.6 is 11.6 Å². The second kappa shape index (κ2) is 5.75. The van der Waals surface area contributed by atoms with Crippen molar-refractivity contribution in [1.29, 1.82) is 0 Å². The lowest BCUT2D eigenvalue weighted by Crippen LogP contribution is -2.30. The van der Waals surface area contributed by atoms with Gasteiger partial charge in [-0.15, -0.1) is 11.6 Å². The summed E-state index contributed by atoms with van der Waals surface area (Å²) in [4.78, 5) is 15.5. The van der Waals surface area contributed by atoms with Crippen LogP contribution in [0.5, 0.6) is 0 Å². The smallest absolute Gasteiger partial charge is 0.269 e. The first kappa shape index (κ1) is 12.0. The number of halogens is 1. The normalized spacial score (nSPS) is 12.5. The number of imidazole rings is 1. The van der Waals surface area contributed by atoms with Crippen molar-refractivity contribution in [3.63, 3.8) is 0 Å². The summed E-state index contributed by atoms with van der Waals surface area (Å²) < 4.78 is 1.68. The summed E-state index contributed by atoms with van der Waals surface area (Å²) in [6, 6.07) is 0. The highest BCUT2D eigenvalue weighted by atomic mass is 35.5. The first-order valence-corrected chi connectivity index (χ1v) is 5.47. The van der Waals surface area contributed by atoms with E-state index in [1.807, 2.05) is 0 Å². The summed E-state index contributed by atoms with van der Waals surface area (Å²) in [6.45, 7) is 2.57. The molecule has 5 heteroatoms. The first-order chi connectivity index (χ1) is 7.15. The van der Waals surface area contributed by atoms with Gasteiger partial charge in [-0.3, -0.25) is 4.79 Å². The van der Waals surface area contributed by atoms with Crippen LogP contribution in [0.15, 0.2) is 12.5 Å². The number of carbonyl (C=O) groups is 1. The number of aromatic nitrogens is 2. The minimum atomic E-state index is -0.128. The Labute approximate surface area is 94.6 Å². The zero-order chi connectivity index (χ0) is 11.3. The molecule has 1 rings (SSSR count). The standard InChI is InChI=1S/C10H16ClN3O/c1-3-4-8(11)5-13-10(15)9-6-12-7-14(9)2/h6-8H,3-5H2,1-2H3,(H,13,15). The number of carbonyl (C=O) groups excluding carboxylic acids is 1. The predicted molar refractivity (Wildman–Crippen MR) is 60.1 cm³/mol. The van der Waals surface area contributed by atoms with Crippen molar-refractivity contribution in [3.8, 4) is 0 Å². The molecule has 0 aromatic carbocycles. The molecule has 0 spiro atoms. The molecule has 0 saturated heterocycles.